The monoisotopic (exact) mass is 264 g/mol. The van der Waals surface area contributed by atoms with E-state index in [1.54, 1.807) is 0 Å². The van der Waals surface area contributed by atoms with Gasteiger partial charge in [-0.2, -0.15) is 0 Å². The van der Waals surface area contributed by atoms with Gasteiger partial charge in [0.05, 0.1) is 5.69 Å². The van der Waals surface area contributed by atoms with E-state index in [-0.39, 0.29) is 0 Å². The maximum absolute atomic E-state index is 4.75. The second-order valence-electron chi connectivity index (χ2n) is 6.05. The van der Waals surface area contributed by atoms with Gasteiger partial charge in [-0.3, -0.25) is 0 Å². The first kappa shape index (κ1) is 14.5. The molecule has 4 nitrogen and oxygen atoms in total. The van der Waals surface area contributed by atoms with Crippen LogP contribution in [0.4, 0.5) is 0 Å². The Hall–Kier alpha value is -0.870. The van der Waals surface area contributed by atoms with Gasteiger partial charge in [-0.1, -0.05) is 13.8 Å². The Balaban J connectivity index is 1.76. The van der Waals surface area contributed by atoms with E-state index in [4.69, 9.17) is 4.98 Å². The summed E-state index contributed by atoms with van der Waals surface area (Å²) in [5, 5.41) is 3.39. The molecule has 2 heterocycles. The number of rotatable bonds is 6. The molecule has 0 bridgehead atoms. The second kappa shape index (κ2) is 7.06. The molecular formula is C15H28N4. The largest absolute Gasteiger partial charge is 0.346 e. The SMILES string of the molecule is Cc1[nH]c(CCCN2CCNCC2)nc1CC(C)C. The second-order valence-corrected chi connectivity index (χ2v) is 6.05. The smallest absolute Gasteiger partial charge is 0.106 e. The summed E-state index contributed by atoms with van der Waals surface area (Å²) in [4.78, 5) is 10.7. The lowest BCUT2D eigenvalue weighted by Gasteiger charge is -2.26. The number of H-pyrrole nitrogens is 1. The zero-order chi connectivity index (χ0) is 13.7. The Bertz CT molecular complexity index is 377. The van der Waals surface area contributed by atoms with E-state index >= 15 is 0 Å². The van der Waals surface area contributed by atoms with Crippen LogP contribution >= 0.6 is 0 Å². The third kappa shape index (κ3) is 4.62. The molecule has 1 aliphatic rings. The van der Waals surface area contributed by atoms with Crippen molar-refractivity contribution in [3.63, 3.8) is 0 Å². The summed E-state index contributed by atoms with van der Waals surface area (Å²) in [6.45, 7) is 12.5. The van der Waals surface area contributed by atoms with Gasteiger partial charge in [-0.15, -0.1) is 0 Å². The van der Waals surface area contributed by atoms with Gasteiger partial charge in [0.25, 0.3) is 0 Å². The molecule has 2 N–H and O–H groups in total. The summed E-state index contributed by atoms with van der Waals surface area (Å²) in [5.74, 6) is 1.85. The fraction of sp³-hybridized carbons (Fsp3) is 0.800. The van der Waals surface area contributed by atoms with Gasteiger partial charge < -0.3 is 15.2 Å². The first-order chi connectivity index (χ1) is 9.15. The average molecular weight is 264 g/mol. The van der Waals surface area contributed by atoms with E-state index in [1.165, 1.54) is 43.3 Å². The van der Waals surface area contributed by atoms with Gasteiger partial charge in [-0.05, 0) is 32.2 Å². The molecule has 1 fully saturated rings. The van der Waals surface area contributed by atoms with Gasteiger partial charge >= 0.3 is 0 Å². The number of nitrogens with zero attached hydrogens (tertiary/aromatic N) is 2. The normalized spacial score (nSPS) is 17.3. The molecule has 19 heavy (non-hydrogen) atoms. The predicted molar refractivity (Wildman–Crippen MR) is 79.5 cm³/mol. The van der Waals surface area contributed by atoms with Crippen molar-refractivity contribution in [3.05, 3.63) is 17.2 Å². The average Bonchev–Trinajstić information content (AvgIpc) is 2.70. The molecule has 0 radical (unpaired) electrons. The number of hydrogen-bond donors (Lipinski definition) is 2. The number of aromatic amines is 1. The fourth-order valence-electron chi connectivity index (χ4n) is 2.67. The quantitative estimate of drug-likeness (QED) is 0.823. The highest BCUT2D eigenvalue weighted by Gasteiger charge is 2.11. The van der Waals surface area contributed by atoms with Crippen LogP contribution in [0.5, 0.6) is 0 Å². The van der Waals surface area contributed by atoms with Crippen LogP contribution in [0.15, 0.2) is 0 Å². The summed E-state index contributed by atoms with van der Waals surface area (Å²) < 4.78 is 0. The molecule has 1 aromatic rings. The van der Waals surface area contributed by atoms with Gasteiger partial charge in [0.15, 0.2) is 0 Å². The van der Waals surface area contributed by atoms with Crippen molar-refractivity contribution < 1.29 is 0 Å². The van der Waals surface area contributed by atoms with Crippen molar-refractivity contribution in [2.75, 3.05) is 32.7 Å². The minimum Gasteiger partial charge on any atom is -0.346 e. The van der Waals surface area contributed by atoms with E-state index < -0.39 is 0 Å². The standard InChI is InChI=1S/C15H28N4/c1-12(2)11-14-13(3)17-15(18-14)5-4-8-19-9-6-16-7-10-19/h12,16H,4-11H2,1-3H3,(H,17,18). The molecule has 1 aliphatic heterocycles. The summed E-state index contributed by atoms with van der Waals surface area (Å²) in [6.07, 6.45) is 3.36. The molecule has 1 saturated heterocycles. The van der Waals surface area contributed by atoms with Crippen LogP contribution in [0.25, 0.3) is 0 Å². The summed E-state index contributed by atoms with van der Waals surface area (Å²) in [7, 11) is 0. The van der Waals surface area contributed by atoms with Gasteiger partial charge in [0.2, 0.25) is 0 Å². The minimum atomic E-state index is 0.677. The van der Waals surface area contributed by atoms with E-state index in [9.17, 15) is 0 Å². The molecule has 4 heteroatoms. The number of aromatic nitrogens is 2. The lowest BCUT2D eigenvalue weighted by atomic mass is 10.1. The Morgan fingerprint density at radius 2 is 2.00 bits per heavy atom. The maximum atomic E-state index is 4.75. The van der Waals surface area contributed by atoms with Crippen LogP contribution in [0.1, 0.15) is 37.5 Å². The molecular weight excluding hydrogens is 236 g/mol. The first-order valence-corrected chi connectivity index (χ1v) is 7.62. The van der Waals surface area contributed by atoms with E-state index in [2.05, 4.69) is 36.0 Å². The Morgan fingerprint density at radius 1 is 1.26 bits per heavy atom. The van der Waals surface area contributed by atoms with Gasteiger partial charge in [0, 0.05) is 38.3 Å². The van der Waals surface area contributed by atoms with Crippen LogP contribution < -0.4 is 5.32 Å². The van der Waals surface area contributed by atoms with Crippen LogP contribution in [-0.4, -0.2) is 47.6 Å². The summed E-state index contributed by atoms with van der Waals surface area (Å²) in [5.41, 5.74) is 2.51. The number of nitrogens with one attached hydrogen (secondary N) is 2. The topological polar surface area (TPSA) is 44.0 Å². The summed E-state index contributed by atoms with van der Waals surface area (Å²) in [6, 6.07) is 0. The Morgan fingerprint density at radius 3 is 2.68 bits per heavy atom. The highest BCUT2D eigenvalue weighted by molar-refractivity contribution is 5.13. The molecule has 0 atom stereocenters. The lowest BCUT2D eigenvalue weighted by Crippen LogP contribution is -2.43. The number of imidazole rings is 1. The number of piperazine rings is 1. The molecule has 2 rings (SSSR count). The first-order valence-electron chi connectivity index (χ1n) is 7.62. The molecule has 108 valence electrons. The zero-order valence-corrected chi connectivity index (χ0v) is 12.6. The highest BCUT2D eigenvalue weighted by atomic mass is 15.2. The van der Waals surface area contributed by atoms with Crippen molar-refractivity contribution >= 4 is 0 Å². The molecule has 0 spiro atoms. The molecule has 0 amide bonds. The van der Waals surface area contributed by atoms with Gasteiger partial charge in [-0.25, -0.2) is 4.98 Å². The van der Waals surface area contributed by atoms with Crippen molar-refractivity contribution in [2.45, 2.75) is 40.0 Å². The molecule has 0 aromatic carbocycles. The fourth-order valence-corrected chi connectivity index (χ4v) is 2.67. The number of aryl methyl sites for hydroxylation is 2. The van der Waals surface area contributed by atoms with Crippen molar-refractivity contribution in [1.82, 2.24) is 20.2 Å². The van der Waals surface area contributed by atoms with Crippen LogP contribution in [-0.2, 0) is 12.8 Å². The van der Waals surface area contributed by atoms with Crippen molar-refractivity contribution in [2.24, 2.45) is 5.92 Å². The number of hydrogen-bond acceptors (Lipinski definition) is 3. The third-order valence-electron chi connectivity index (χ3n) is 3.73. The zero-order valence-electron chi connectivity index (χ0n) is 12.6. The highest BCUT2D eigenvalue weighted by Crippen LogP contribution is 2.12. The van der Waals surface area contributed by atoms with E-state index in [0.717, 1.165) is 25.9 Å². The van der Waals surface area contributed by atoms with Crippen LogP contribution in [0, 0.1) is 12.8 Å². The van der Waals surface area contributed by atoms with Crippen LogP contribution in [0.2, 0.25) is 0 Å². The lowest BCUT2D eigenvalue weighted by molar-refractivity contribution is 0.238. The van der Waals surface area contributed by atoms with E-state index in [1.807, 2.05) is 0 Å². The molecule has 0 unspecified atom stereocenters. The Kier molecular flexibility index (Phi) is 5.40. The Labute approximate surface area is 117 Å². The van der Waals surface area contributed by atoms with E-state index in [0.29, 0.717) is 5.92 Å². The van der Waals surface area contributed by atoms with Crippen molar-refractivity contribution in [3.8, 4) is 0 Å². The van der Waals surface area contributed by atoms with Gasteiger partial charge in [0.1, 0.15) is 5.82 Å². The predicted octanol–water partition coefficient (Wildman–Crippen LogP) is 1.75. The maximum Gasteiger partial charge on any atom is 0.106 e. The van der Waals surface area contributed by atoms with Crippen LogP contribution in [0.3, 0.4) is 0 Å². The molecule has 0 aliphatic carbocycles. The minimum absolute atomic E-state index is 0.677. The van der Waals surface area contributed by atoms with Crippen molar-refractivity contribution in [1.29, 1.82) is 0 Å². The third-order valence-corrected chi connectivity index (χ3v) is 3.73. The molecule has 1 aromatic heterocycles. The molecule has 0 saturated carbocycles. The summed E-state index contributed by atoms with van der Waals surface area (Å²) >= 11 is 0.